The zero-order chi connectivity index (χ0) is 14.3. The molecule has 0 saturated carbocycles. The molecule has 1 amide bonds. The second-order valence-electron chi connectivity index (χ2n) is 4.21. The highest BCUT2D eigenvalue weighted by molar-refractivity contribution is 5.94. The Balaban J connectivity index is 2.70. The van der Waals surface area contributed by atoms with Crippen LogP contribution in [0.1, 0.15) is 15.9 Å². The molecule has 0 saturated heterocycles. The Kier molecular flexibility index (Phi) is 6.00. The molecule has 0 aliphatic heterocycles. The third-order valence-corrected chi connectivity index (χ3v) is 2.37. The molecule has 0 aliphatic carbocycles. The second kappa shape index (κ2) is 7.52. The Labute approximate surface area is 112 Å². The number of benzene rings is 1. The van der Waals surface area contributed by atoms with E-state index < -0.39 is 11.7 Å². The number of aliphatic hydroxyl groups excluding tert-OH is 1. The predicted octanol–water partition coefficient (Wildman–Crippen LogP) is 0.461. The van der Waals surface area contributed by atoms with Gasteiger partial charge in [-0.25, -0.2) is 4.39 Å². The maximum absolute atomic E-state index is 13.7. The summed E-state index contributed by atoms with van der Waals surface area (Å²) in [5.41, 5.74) is 0.421. The fourth-order valence-electron chi connectivity index (χ4n) is 1.41. The van der Waals surface area contributed by atoms with Gasteiger partial charge in [0.05, 0.1) is 5.56 Å². The molecule has 2 N–H and O–H groups in total. The van der Waals surface area contributed by atoms with Gasteiger partial charge in [0.1, 0.15) is 12.4 Å². The van der Waals surface area contributed by atoms with Gasteiger partial charge in [0.15, 0.2) is 0 Å². The van der Waals surface area contributed by atoms with Gasteiger partial charge in [0, 0.05) is 18.7 Å². The van der Waals surface area contributed by atoms with Crippen LogP contribution >= 0.6 is 0 Å². The maximum Gasteiger partial charge on any atom is 0.254 e. The molecular formula is C14H17FN2O2. The summed E-state index contributed by atoms with van der Waals surface area (Å²) >= 11 is 0. The number of halogens is 1. The van der Waals surface area contributed by atoms with Crippen LogP contribution in [0.2, 0.25) is 0 Å². The third-order valence-electron chi connectivity index (χ3n) is 2.37. The minimum absolute atomic E-state index is 0.00620. The molecule has 0 aliphatic rings. The van der Waals surface area contributed by atoms with Crippen molar-refractivity contribution in [3.8, 4) is 11.8 Å². The first-order chi connectivity index (χ1) is 9.04. The molecule has 0 bridgehead atoms. The predicted molar refractivity (Wildman–Crippen MR) is 71.3 cm³/mol. The van der Waals surface area contributed by atoms with Crippen LogP contribution in [0.25, 0.3) is 0 Å². The van der Waals surface area contributed by atoms with Crippen LogP contribution in [0.4, 0.5) is 4.39 Å². The lowest BCUT2D eigenvalue weighted by molar-refractivity contribution is 0.0947. The molecule has 0 unspecified atom stereocenters. The zero-order valence-electron chi connectivity index (χ0n) is 11.0. The van der Waals surface area contributed by atoms with E-state index in [1.807, 2.05) is 19.0 Å². The van der Waals surface area contributed by atoms with Crippen LogP contribution < -0.4 is 5.32 Å². The highest BCUT2D eigenvalue weighted by Crippen LogP contribution is 2.09. The lowest BCUT2D eigenvalue weighted by Gasteiger charge is -2.10. The second-order valence-corrected chi connectivity index (χ2v) is 4.21. The van der Waals surface area contributed by atoms with Gasteiger partial charge in [-0.1, -0.05) is 11.8 Å². The number of hydrogen-bond donors (Lipinski definition) is 2. The highest BCUT2D eigenvalue weighted by atomic mass is 19.1. The number of nitrogens with one attached hydrogen (secondary N) is 1. The summed E-state index contributed by atoms with van der Waals surface area (Å²) in [5, 5.41) is 11.2. The van der Waals surface area contributed by atoms with Gasteiger partial charge in [0.2, 0.25) is 0 Å². The van der Waals surface area contributed by atoms with Crippen LogP contribution in [0.3, 0.4) is 0 Å². The van der Waals surface area contributed by atoms with E-state index in [2.05, 4.69) is 17.2 Å². The molecule has 102 valence electrons. The van der Waals surface area contributed by atoms with Gasteiger partial charge in [0.25, 0.3) is 5.91 Å². The van der Waals surface area contributed by atoms with Crippen LogP contribution in [0.5, 0.6) is 0 Å². The standard InChI is InChI=1S/C14H17FN2O2/c1-17(2)8-7-16-14(19)12-6-5-11(4-3-9-18)10-13(12)15/h5-6,10,18H,7-9H2,1-2H3,(H,16,19). The molecule has 1 aromatic rings. The maximum atomic E-state index is 13.7. The topological polar surface area (TPSA) is 52.6 Å². The van der Waals surface area contributed by atoms with Crippen molar-refractivity contribution in [3.05, 3.63) is 35.1 Å². The Hall–Kier alpha value is -1.90. The van der Waals surface area contributed by atoms with Gasteiger partial charge in [-0.3, -0.25) is 4.79 Å². The zero-order valence-corrected chi connectivity index (χ0v) is 11.0. The van der Waals surface area contributed by atoms with E-state index in [1.54, 1.807) is 6.07 Å². The Morgan fingerprint density at radius 1 is 1.47 bits per heavy atom. The number of aliphatic hydroxyl groups is 1. The van der Waals surface area contributed by atoms with Gasteiger partial charge in [-0.05, 0) is 32.3 Å². The molecule has 0 aromatic heterocycles. The molecule has 0 radical (unpaired) electrons. The summed E-state index contributed by atoms with van der Waals surface area (Å²) in [7, 11) is 3.78. The number of likely N-dealkylation sites (N-methyl/N-ethyl adjacent to an activating group) is 1. The van der Waals surface area contributed by atoms with Crippen molar-refractivity contribution < 1.29 is 14.3 Å². The molecule has 1 rings (SSSR count). The Morgan fingerprint density at radius 2 is 2.21 bits per heavy atom. The number of carbonyl (C=O) groups excluding carboxylic acids is 1. The number of carbonyl (C=O) groups is 1. The molecule has 4 nitrogen and oxygen atoms in total. The molecule has 0 atom stereocenters. The van der Waals surface area contributed by atoms with Crippen molar-refractivity contribution in [1.82, 2.24) is 10.2 Å². The molecule has 1 aromatic carbocycles. The van der Waals surface area contributed by atoms with Gasteiger partial charge < -0.3 is 15.3 Å². The van der Waals surface area contributed by atoms with Gasteiger partial charge in [-0.15, -0.1) is 0 Å². The fourth-order valence-corrected chi connectivity index (χ4v) is 1.41. The molecule has 0 heterocycles. The first kappa shape index (κ1) is 15.2. The van der Waals surface area contributed by atoms with Crippen molar-refractivity contribution in [2.24, 2.45) is 0 Å². The van der Waals surface area contributed by atoms with E-state index in [4.69, 9.17) is 5.11 Å². The first-order valence-electron chi connectivity index (χ1n) is 5.87. The summed E-state index contributed by atoms with van der Waals surface area (Å²) in [4.78, 5) is 13.6. The van der Waals surface area contributed by atoms with Crippen LogP contribution in [0.15, 0.2) is 18.2 Å². The number of amides is 1. The lowest BCUT2D eigenvalue weighted by Crippen LogP contribution is -2.31. The van der Waals surface area contributed by atoms with Crippen LogP contribution in [-0.2, 0) is 0 Å². The monoisotopic (exact) mass is 264 g/mol. The van der Waals surface area contributed by atoms with Gasteiger partial charge in [-0.2, -0.15) is 0 Å². The van der Waals surface area contributed by atoms with E-state index in [9.17, 15) is 9.18 Å². The summed E-state index contributed by atoms with van der Waals surface area (Å²) in [6, 6.07) is 4.12. The van der Waals surface area contributed by atoms with Crippen molar-refractivity contribution in [3.63, 3.8) is 0 Å². The van der Waals surface area contributed by atoms with E-state index in [1.165, 1.54) is 12.1 Å². The minimum Gasteiger partial charge on any atom is -0.384 e. The summed E-state index contributed by atoms with van der Waals surface area (Å²) in [5.74, 6) is 3.94. The SMILES string of the molecule is CN(C)CCNC(=O)c1ccc(C#CCO)cc1F. The minimum atomic E-state index is -0.618. The van der Waals surface area contributed by atoms with Crippen LogP contribution in [0, 0.1) is 17.7 Å². The molecular weight excluding hydrogens is 247 g/mol. The third kappa shape index (κ3) is 5.08. The smallest absolute Gasteiger partial charge is 0.254 e. The largest absolute Gasteiger partial charge is 0.384 e. The summed E-state index contributed by atoms with van der Waals surface area (Å²) in [6.45, 7) is 0.860. The normalized spacial score (nSPS) is 9.95. The molecule has 0 spiro atoms. The molecule has 19 heavy (non-hydrogen) atoms. The molecule has 0 fully saturated rings. The lowest BCUT2D eigenvalue weighted by atomic mass is 10.1. The average molecular weight is 264 g/mol. The number of hydrogen-bond acceptors (Lipinski definition) is 3. The van der Waals surface area contributed by atoms with E-state index >= 15 is 0 Å². The van der Waals surface area contributed by atoms with Crippen LogP contribution in [-0.4, -0.2) is 49.7 Å². The Morgan fingerprint density at radius 3 is 2.79 bits per heavy atom. The highest BCUT2D eigenvalue weighted by Gasteiger charge is 2.11. The number of nitrogens with zero attached hydrogens (tertiary/aromatic N) is 1. The van der Waals surface area contributed by atoms with Crippen molar-refractivity contribution in [2.75, 3.05) is 33.8 Å². The number of rotatable bonds is 4. The van der Waals surface area contributed by atoms with E-state index in [-0.39, 0.29) is 12.2 Å². The summed E-state index contributed by atoms with van der Waals surface area (Å²) < 4.78 is 13.7. The average Bonchev–Trinajstić information content (AvgIpc) is 2.35. The van der Waals surface area contributed by atoms with Crippen molar-refractivity contribution >= 4 is 5.91 Å². The quantitative estimate of drug-likeness (QED) is 0.777. The van der Waals surface area contributed by atoms with Crippen molar-refractivity contribution in [2.45, 2.75) is 0 Å². The fraction of sp³-hybridized carbons (Fsp3) is 0.357. The van der Waals surface area contributed by atoms with Gasteiger partial charge >= 0.3 is 0 Å². The Bertz CT molecular complexity index is 504. The van der Waals surface area contributed by atoms with E-state index in [0.717, 1.165) is 0 Å². The summed E-state index contributed by atoms with van der Waals surface area (Å²) in [6.07, 6.45) is 0. The van der Waals surface area contributed by atoms with E-state index in [0.29, 0.717) is 18.7 Å². The first-order valence-corrected chi connectivity index (χ1v) is 5.87. The molecule has 5 heteroatoms. The van der Waals surface area contributed by atoms with Crippen molar-refractivity contribution in [1.29, 1.82) is 0 Å².